The highest BCUT2D eigenvalue weighted by molar-refractivity contribution is 5.74. The number of rotatable bonds is 7. The molecule has 31 heavy (non-hydrogen) atoms. The van der Waals surface area contributed by atoms with Crippen LogP contribution in [0.15, 0.2) is 73.1 Å². The first-order chi connectivity index (χ1) is 15.0. The smallest absolute Gasteiger partial charge is 0.349 e. The molecule has 2 aromatic carbocycles. The molecule has 0 bridgehead atoms. The number of aromatic nitrogens is 2. The normalized spacial score (nSPS) is 10.6. The van der Waals surface area contributed by atoms with Crippen LogP contribution in [-0.4, -0.2) is 34.0 Å². The summed E-state index contributed by atoms with van der Waals surface area (Å²) in [6.07, 6.45) is 3.11. The minimum Gasteiger partial charge on any atom is -0.497 e. The van der Waals surface area contributed by atoms with E-state index in [2.05, 4.69) is 4.98 Å². The standard InChI is InChI=1S/C22H17N3O6/c1-29-18-3-2-4-19(11-18)30-14-22(26)31-17-8-5-15(6-9-17)20-13-24-12-16(25(27)28)7-10-21(24)23-20/h2-13H,14H2,1H3. The van der Waals surface area contributed by atoms with Crippen LogP contribution < -0.4 is 14.2 Å². The van der Waals surface area contributed by atoms with Crippen LogP contribution in [0.4, 0.5) is 5.69 Å². The van der Waals surface area contributed by atoms with Gasteiger partial charge in [0, 0.05) is 23.9 Å². The predicted octanol–water partition coefficient (Wildman–Crippen LogP) is 3.90. The lowest BCUT2D eigenvalue weighted by Crippen LogP contribution is -2.17. The zero-order valence-corrected chi connectivity index (χ0v) is 16.4. The second-order valence-corrected chi connectivity index (χ2v) is 6.50. The Morgan fingerprint density at radius 3 is 2.55 bits per heavy atom. The summed E-state index contributed by atoms with van der Waals surface area (Å²) in [5.74, 6) is 0.944. The largest absolute Gasteiger partial charge is 0.497 e. The molecule has 0 amide bonds. The van der Waals surface area contributed by atoms with Crippen molar-refractivity contribution < 1.29 is 23.9 Å². The van der Waals surface area contributed by atoms with Crippen molar-refractivity contribution in [2.24, 2.45) is 0 Å². The minimum atomic E-state index is -0.546. The van der Waals surface area contributed by atoms with Crippen molar-refractivity contribution in [1.29, 1.82) is 0 Å². The molecule has 4 aromatic rings. The summed E-state index contributed by atoms with van der Waals surface area (Å²) < 4.78 is 17.4. The fourth-order valence-corrected chi connectivity index (χ4v) is 2.92. The van der Waals surface area contributed by atoms with Gasteiger partial charge >= 0.3 is 5.97 Å². The van der Waals surface area contributed by atoms with Gasteiger partial charge < -0.3 is 14.2 Å². The number of imidazole rings is 1. The molecule has 0 radical (unpaired) electrons. The first kappa shape index (κ1) is 19.9. The van der Waals surface area contributed by atoms with Crippen LogP contribution in [0.3, 0.4) is 0 Å². The zero-order chi connectivity index (χ0) is 21.8. The molecule has 0 aliphatic heterocycles. The Morgan fingerprint density at radius 2 is 1.81 bits per heavy atom. The molecule has 0 aliphatic rings. The number of benzene rings is 2. The van der Waals surface area contributed by atoms with Gasteiger partial charge in [0.25, 0.3) is 5.69 Å². The Bertz CT molecular complexity index is 1250. The first-order valence-electron chi connectivity index (χ1n) is 9.23. The number of hydrogen-bond donors (Lipinski definition) is 0. The van der Waals surface area contributed by atoms with E-state index in [1.54, 1.807) is 72.3 Å². The molecule has 9 nitrogen and oxygen atoms in total. The second-order valence-electron chi connectivity index (χ2n) is 6.50. The predicted molar refractivity (Wildman–Crippen MR) is 111 cm³/mol. The van der Waals surface area contributed by atoms with E-state index < -0.39 is 10.9 Å². The Morgan fingerprint density at radius 1 is 1.03 bits per heavy atom. The number of esters is 1. The molecule has 0 saturated carbocycles. The van der Waals surface area contributed by atoms with Gasteiger partial charge in [0.05, 0.1) is 23.9 Å². The fourth-order valence-electron chi connectivity index (χ4n) is 2.92. The quantitative estimate of drug-likeness (QED) is 0.194. The SMILES string of the molecule is COc1cccc(OCC(=O)Oc2ccc(-c3cn4cc([N+](=O)[O-])ccc4n3)cc2)c1. The second kappa shape index (κ2) is 8.54. The topological polar surface area (TPSA) is 105 Å². The zero-order valence-electron chi connectivity index (χ0n) is 16.4. The van der Waals surface area contributed by atoms with Crippen molar-refractivity contribution in [2.45, 2.75) is 0 Å². The lowest BCUT2D eigenvalue weighted by Gasteiger charge is -2.08. The highest BCUT2D eigenvalue weighted by atomic mass is 16.6. The van der Waals surface area contributed by atoms with Crippen LogP contribution in [-0.2, 0) is 4.79 Å². The highest BCUT2D eigenvalue weighted by Crippen LogP contribution is 2.24. The van der Waals surface area contributed by atoms with Gasteiger partial charge in [-0.15, -0.1) is 0 Å². The molecule has 0 saturated heterocycles. The van der Waals surface area contributed by atoms with Gasteiger partial charge in [-0.1, -0.05) is 6.07 Å². The summed E-state index contributed by atoms with van der Waals surface area (Å²) in [5.41, 5.74) is 1.99. The van der Waals surface area contributed by atoms with Crippen LogP contribution in [0.2, 0.25) is 0 Å². The van der Waals surface area contributed by atoms with Crippen molar-refractivity contribution in [3.63, 3.8) is 0 Å². The first-order valence-corrected chi connectivity index (χ1v) is 9.23. The van der Waals surface area contributed by atoms with Gasteiger partial charge in [-0.25, -0.2) is 9.78 Å². The molecule has 0 spiro atoms. The summed E-state index contributed by atoms with van der Waals surface area (Å²) in [7, 11) is 1.55. The van der Waals surface area contributed by atoms with Crippen LogP contribution in [0.1, 0.15) is 0 Å². The van der Waals surface area contributed by atoms with Crippen LogP contribution in [0.25, 0.3) is 16.9 Å². The summed E-state index contributed by atoms with van der Waals surface area (Å²) in [5, 5.41) is 10.9. The Balaban J connectivity index is 1.40. The Kier molecular flexibility index (Phi) is 5.48. The number of pyridine rings is 1. The molecule has 9 heteroatoms. The van der Waals surface area contributed by atoms with E-state index in [4.69, 9.17) is 14.2 Å². The number of fused-ring (bicyclic) bond motifs is 1. The molecule has 0 N–H and O–H groups in total. The maximum atomic E-state index is 12.1. The number of hydrogen-bond acceptors (Lipinski definition) is 7. The number of nitrogens with zero attached hydrogens (tertiary/aromatic N) is 3. The fraction of sp³-hybridized carbons (Fsp3) is 0.0909. The van der Waals surface area contributed by atoms with E-state index in [9.17, 15) is 14.9 Å². The Hall–Kier alpha value is -4.40. The lowest BCUT2D eigenvalue weighted by molar-refractivity contribution is -0.385. The molecular formula is C22H17N3O6. The lowest BCUT2D eigenvalue weighted by atomic mass is 10.2. The summed E-state index contributed by atoms with van der Waals surface area (Å²) >= 11 is 0. The number of ether oxygens (including phenoxy) is 3. The van der Waals surface area contributed by atoms with E-state index in [-0.39, 0.29) is 12.3 Å². The number of nitro groups is 1. The number of carbonyl (C=O) groups excluding carboxylic acids is 1. The van der Waals surface area contributed by atoms with Crippen LogP contribution >= 0.6 is 0 Å². The molecule has 0 aliphatic carbocycles. The monoisotopic (exact) mass is 419 g/mol. The third-order valence-corrected chi connectivity index (χ3v) is 4.43. The van der Waals surface area contributed by atoms with Gasteiger partial charge in [0.1, 0.15) is 22.9 Å². The van der Waals surface area contributed by atoms with Crippen LogP contribution in [0, 0.1) is 10.1 Å². The van der Waals surface area contributed by atoms with Gasteiger partial charge in [-0.05, 0) is 42.5 Å². The Labute approximate surface area is 176 Å². The molecule has 156 valence electrons. The van der Waals surface area contributed by atoms with Crippen molar-refractivity contribution in [1.82, 2.24) is 9.38 Å². The maximum Gasteiger partial charge on any atom is 0.349 e. The van der Waals surface area contributed by atoms with Crippen LogP contribution in [0.5, 0.6) is 17.2 Å². The molecule has 0 fully saturated rings. The van der Waals surface area contributed by atoms with E-state index >= 15 is 0 Å². The third-order valence-electron chi connectivity index (χ3n) is 4.43. The summed E-state index contributed by atoms with van der Waals surface area (Å²) in [6.45, 7) is -0.250. The molecule has 0 unspecified atom stereocenters. The number of methoxy groups -OCH3 is 1. The summed E-state index contributed by atoms with van der Waals surface area (Å²) in [6, 6.07) is 16.7. The molecule has 4 rings (SSSR count). The van der Waals surface area contributed by atoms with E-state index in [1.807, 2.05) is 0 Å². The number of carbonyl (C=O) groups is 1. The molecular weight excluding hydrogens is 402 g/mol. The van der Waals surface area contributed by atoms with Gasteiger partial charge in [-0.3, -0.25) is 14.5 Å². The summed E-state index contributed by atoms with van der Waals surface area (Å²) in [4.78, 5) is 27.0. The average Bonchev–Trinajstić information content (AvgIpc) is 3.21. The van der Waals surface area contributed by atoms with Crippen molar-refractivity contribution in [3.05, 3.63) is 83.2 Å². The minimum absolute atomic E-state index is 0.0186. The van der Waals surface area contributed by atoms with E-state index in [0.717, 1.165) is 5.56 Å². The third kappa shape index (κ3) is 4.61. The average molecular weight is 419 g/mol. The highest BCUT2D eigenvalue weighted by Gasteiger charge is 2.11. The molecule has 0 atom stereocenters. The van der Waals surface area contributed by atoms with Crippen molar-refractivity contribution >= 4 is 17.3 Å². The van der Waals surface area contributed by atoms with Crippen molar-refractivity contribution in [3.8, 4) is 28.5 Å². The van der Waals surface area contributed by atoms with E-state index in [0.29, 0.717) is 28.6 Å². The molecule has 2 aromatic heterocycles. The van der Waals surface area contributed by atoms with E-state index in [1.165, 1.54) is 12.3 Å². The van der Waals surface area contributed by atoms with Gasteiger partial charge in [0.15, 0.2) is 6.61 Å². The van der Waals surface area contributed by atoms with Crippen molar-refractivity contribution in [2.75, 3.05) is 13.7 Å². The van der Waals surface area contributed by atoms with Gasteiger partial charge in [0.2, 0.25) is 0 Å². The maximum absolute atomic E-state index is 12.1. The van der Waals surface area contributed by atoms with Gasteiger partial charge in [-0.2, -0.15) is 0 Å². The molecule has 2 heterocycles.